The molecular formula is C9H19NO2. The number of hydrogen-bond donors (Lipinski definition) is 2. The quantitative estimate of drug-likeness (QED) is 0.654. The van der Waals surface area contributed by atoms with Crippen LogP contribution in [0.3, 0.4) is 0 Å². The van der Waals surface area contributed by atoms with Crippen LogP contribution in [0.5, 0.6) is 0 Å². The van der Waals surface area contributed by atoms with Crippen molar-refractivity contribution in [3.8, 4) is 0 Å². The van der Waals surface area contributed by atoms with Gasteiger partial charge < -0.3 is 15.6 Å². The third kappa shape index (κ3) is 1.79. The first-order valence-corrected chi connectivity index (χ1v) is 4.71. The van der Waals surface area contributed by atoms with E-state index in [0.29, 0.717) is 6.54 Å². The topological polar surface area (TPSA) is 55.5 Å². The van der Waals surface area contributed by atoms with E-state index >= 15 is 0 Å². The van der Waals surface area contributed by atoms with E-state index in [1.54, 1.807) is 0 Å². The van der Waals surface area contributed by atoms with Crippen LogP contribution >= 0.6 is 0 Å². The molecule has 1 saturated heterocycles. The summed E-state index contributed by atoms with van der Waals surface area (Å²) in [6.07, 6.45) is 2.33. The largest absolute Gasteiger partial charge is 0.393 e. The lowest BCUT2D eigenvalue weighted by atomic mass is 9.74. The fraction of sp³-hybridized carbons (Fsp3) is 1.00. The molecule has 3 N–H and O–H groups in total. The average Bonchev–Trinajstić information content (AvgIpc) is 2.17. The Morgan fingerprint density at radius 1 is 1.50 bits per heavy atom. The maximum absolute atomic E-state index is 9.80. The zero-order chi connectivity index (χ0) is 9.03. The average molecular weight is 173 g/mol. The molecule has 0 saturated carbocycles. The second-order valence-electron chi connectivity index (χ2n) is 3.60. The van der Waals surface area contributed by atoms with E-state index in [1.165, 1.54) is 0 Å². The number of aliphatic hydroxyl groups is 1. The third-order valence-electron chi connectivity index (χ3n) is 2.99. The van der Waals surface area contributed by atoms with Gasteiger partial charge in [0.05, 0.1) is 6.10 Å². The van der Waals surface area contributed by atoms with Crippen molar-refractivity contribution in [1.82, 2.24) is 0 Å². The molecule has 1 aliphatic rings. The molecular weight excluding hydrogens is 154 g/mol. The molecule has 0 aromatic rings. The lowest BCUT2D eigenvalue weighted by molar-refractivity contribution is -0.0573. The summed E-state index contributed by atoms with van der Waals surface area (Å²) in [4.78, 5) is 0. The molecule has 12 heavy (non-hydrogen) atoms. The van der Waals surface area contributed by atoms with Crippen molar-refractivity contribution >= 4 is 0 Å². The van der Waals surface area contributed by atoms with Crippen LogP contribution < -0.4 is 5.73 Å². The Morgan fingerprint density at radius 3 is 2.50 bits per heavy atom. The minimum atomic E-state index is -0.258. The van der Waals surface area contributed by atoms with Gasteiger partial charge in [-0.15, -0.1) is 0 Å². The molecule has 0 amide bonds. The van der Waals surface area contributed by atoms with Gasteiger partial charge in [-0.2, -0.15) is 0 Å². The summed E-state index contributed by atoms with van der Waals surface area (Å²) in [5.74, 6) is 0. The van der Waals surface area contributed by atoms with Crippen LogP contribution in [0, 0.1) is 5.41 Å². The van der Waals surface area contributed by atoms with E-state index in [-0.39, 0.29) is 11.5 Å². The molecule has 72 valence electrons. The van der Waals surface area contributed by atoms with Crippen LogP contribution in [0.25, 0.3) is 0 Å². The second kappa shape index (κ2) is 4.21. The smallest absolute Gasteiger partial charge is 0.0607 e. The number of rotatable bonds is 3. The van der Waals surface area contributed by atoms with Crippen molar-refractivity contribution in [2.45, 2.75) is 32.3 Å². The molecule has 1 fully saturated rings. The molecule has 1 unspecified atom stereocenters. The fourth-order valence-corrected chi connectivity index (χ4v) is 1.88. The summed E-state index contributed by atoms with van der Waals surface area (Å²) in [5, 5.41) is 9.80. The molecule has 1 rings (SSSR count). The van der Waals surface area contributed by atoms with Crippen molar-refractivity contribution in [3.05, 3.63) is 0 Å². The molecule has 1 aliphatic heterocycles. The molecule has 3 nitrogen and oxygen atoms in total. The van der Waals surface area contributed by atoms with Crippen LogP contribution in [0.1, 0.15) is 26.2 Å². The zero-order valence-electron chi connectivity index (χ0n) is 7.75. The van der Waals surface area contributed by atoms with E-state index in [9.17, 15) is 5.11 Å². The van der Waals surface area contributed by atoms with Gasteiger partial charge in [-0.25, -0.2) is 0 Å². The summed E-state index contributed by atoms with van der Waals surface area (Å²) < 4.78 is 5.25. The molecule has 1 atom stereocenters. The van der Waals surface area contributed by atoms with Gasteiger partial charge in [0.1, 0.15) is 0 Å². The van der Waals surface area contributed by atoms with Gasteiger partial charge in [-0.1, -0.05) is 6.92 Å². The predicted octanol–water partition coefficient (Wildman–Crippen LogP) is 0.513. The molecule has 0 spiro atoms. The van der Waals surface area contributed by atoms with E-state index in [4.69, 9.17) is 10.5 Å². The second-order valence-corrected chi connectivity index (χ2v) is 3.60. The lowest BCUT2D eigenvalue weighted by Gasteiger charge is -2.39. The number of nitrogens with two attached hydrogens (primary N) is 1. The van der Waals surface area contributed by atoms with Crippen LogP contribution in [-0.4, -0.2) is 31.0 Å². The summed E-state index contributed by atoms with van der Waals surface area (Å²) in [5.41, 5.74) is 5.64. The molecule has 0 bridgehead atoms. The Hall–Kier alpha value is -0.120. The number of hydrogen-bond acceptors (Lipinski definition) is 3. The normalized spacial score (nSPS) is 25.2. The third-order valence-corrected chi connectivity index (χ3v) is 2.99. The Kier molecular flexibility index (Phi) is 3.50. The highest BCUT2D eigenvalue weighted by atomic mass is 16.5. The van der Waals surface area contributed by atoms with Gasteiger partial charge in [0.25, 0.3) is 0 Å². The Bertz CT molecular complexity index is 132. The standard InChI is InChI=1S/C9H19NO2/c1-2-8(11)9(7-10)3-5-12-6-4-9/h8,11H,2-7,10H2,1H3. The van der Waals surface area contributed by atoms with Crippen molar-refractivity contribution in [3.63, 3.8) is 0 Å². The van der Waals surface area contributed by atoms with Crippen molar-refractivity contribution in [2.24, 2.45) is 11.1 Å². The highest BCUT2D eigenvalue weighted by Gasteiger charge is 2.37. The van der Waals surface area contributed by atoms with Gasteiger partial charge >= 0.3 is 0 Å². The first-order chi connectivity index (χ1) is 5.75. The zero-order valence-corrected chi connectivity index (χ0v) is 7.75. The lowest BCUT2D eigenvalue weighted by Crippen LogP contribution is -2.45. The summed E-state index contributed by atoms with van der Waals surface area (Å²) >= 11 is 0. The van der Waals surface area contributed by atoms with Crippen molar-refractivity contribution < 1.29 is 9.84 Å². The van der Waals surface area contributed by atoms with Crippen molar-refractivity contribution in [2.75, 3.05) is 19.8 Å². The van der Waals surface area contributed by atoms with Crippen LogP contribution in [0.4, 0.5) is 0 Å². The predicted molar refractivity (Wildman–Crippen MR) is 47.8 cm³/mol. The fourth-order valence-electron chi connectivity index (χ4n) is 1.88. The van der Waals surface area contributed by atoms with Crippen LogP contribution in [0.2, 0.25) is 0 Å². The molecule has 0 radical (unpaired) electrons. The summed E-state index contributed by atoms with van der Waals surface area (Å²) in [6, 6.07) is 0. The number of ether oxygens (including phenoxy) is 1. The minimum Gasteiger partial charge on any atom is -0.393 e. The number of aliphatic hydroxyl groups excluding tert-OH is 1. The summed E-state index contributed by atoms with van der Waals surface area (Å²) in [7, 11) is 0. The van der Waals surface area contributed by atoms with Crippen LogP contribution in [-0.2, 0) is 4.74 Å². The van der Waals surface area contributed by atoms with E-state index in [0.717, 1.165) is 32.5 Å². The Balaban J connectivity index is 2.59. The minimum absolute atomic E-state index is 0.0625. The van der Waals surface area contributed by atoms with Gasteiger partial charge in [0.15, 0.2) is 0 Å². The van der Waals surface area contributed by atoms with E-state index in [2.05, 4.69) is 0 Å². The van der Waals surface area contributed by atoms with E-state index in [1.807, 2.05) is 6.92 Å². The highest BCUT2D eigenvalue weighted by Crippen LogP contribution is 2.34. The monoisotopic (exact) mass is 173 g/mol. The van der Waals surface area contributed by atoms with Gasteiger partial charge in [-0.3, -0.25) is 0 Å². The van der Waals surface area contributed by atoms with Crippen molar-refractivity contribution in [1.29, 1.82) is 0 Å². The molecule has 0 aliphatic carbocycles. The molecule has 0 aromatic carbocycles. The maximum Gasteiger partial charge on any atom is 0.0607 e. The first-order valence-electron chi connectivity index (χ1n) is 4.71. The highest BCUT2D eigenvalue weighted by molar-refractivity contribution is 4.88. The first kappa shape index (κ1) is 9.96. The SMILES string of the molecule is CCC(O)C1(CN)CCOCC1. The molecule has 3 heteroatoms. The van der Waals surface area contributed by atoms with E-state index < -0.39 is 0 Å². The van der Waals surface area contributed by atoms with Crippen LogP contribution in [0.15, 0.2) is 0 Å². The molecule has 0 aromatic heterocycles. The summed E-state index contributed by atoms with van der Waals surface area (Å²) in [6.45, 7) is 4.06. The Morgan fingerprint density at radius 2 is 2.08 bits per heavy atom. The van der Waals surface area contributed by atoms with Gasteiger partial charge in [-0.05, 0) is 19.3 Å². The van der Waals surface area contributed by atoms with Gasteiger partial charge in [0, 0.05) is 25.2 Å². The van der Waals surface area contributed by atoms with Gasteiger partial charge in [0.2, 0.25) is 0 Å². The molecule has 1 heterocycles. The maximum atomic E-state index is 9.80. The Labute approximate surface area is 73.9 Å².